The van der Waals surface area contributed by atoms with E-state index in [0.29, 0.717) is 19.0 Å². The Morgan fingerprint density at radius 2 is 1.30 bits per heavy atom. The minimum absolute atomic E-state index is 0.488. The molecule has 1 aliphatic rings. The van der Waals surface area contributed by atoms with Gasteiger partial charge in [0.1, 0.15) is 11.3 Å². The van der Waals surface area contributed by atoms with Crippen molar-refractivity contribution in [2.24, 2.45) is 0 Å². The van der Waals surface area contributed by atoms with Crippen molar-refractivity contribution in [3.8, 4) is 28.3 Å². The van der Waals surface area contributed by atoms with E-state index >= 15 is 0 Å². The second-order valence-corrected chi connectivity index (χ2v) is 16.8. The third kappa shape index (κ3) is 10.5. The van der Waals surface area contributed by atoms with Gasteiger partial charge >= 0.3 is 0 Å². The topological polar surface area (TPSA) is 104 Å². The van der Waals surface area contributed by atoms with E-state index in [0.717, 1.165) is 115 Å². The van der Waals surface area contributed by atoms with Crippen LogP contribution in [-0.4, -0.2) is 57.4 Å². The zero-order valence-corrected chi connectivity index (χ0v) is 36.5. The molecule has 0 aliphatic carbocycles. The van der Waals surface area contributed by atoms with Crippen LogP contribution < -0.4 is 10.1 Å². The molecule has 0 amide bonds. The number of aromatic nitrogens is 4. The molecular weight excluding hydrogens is 783 g/mol. The molecule has 9 heteroatoms. The number of benzene rings is 6. The van der Waals surface area contributed by atoms with E-state index in [1.807, 2.05) is 54.9 Å². The number of unbranched alkanes of at least 4 members (excludes halogenated alkanes) is 4. The van der Waals surface area contributed by atoms with E-state index in [-0.39, 0.29) is 0 Å². The number of fused-ring (bicyclic) bond motifs is 1. The Labute approximate surface area is 372 Å². The highest BCUT2D eigenvalue weighted by Gasteiger charge is 2.42. The minimum Gasteiger partial charge on any atom is -0.463 e. The molecule has 0 unspecified atom stereocenters. The van der Waals surface area contributed by atoms with Crippen LogP contribution in [0.2, 0.25) is 0 Å². The third-order valence-corrected chi connectivity index (χ3v) is 11.9. The average Bonchev–Trinajstić information content (AvgIpc) is 3.81. The molecule has 8 rings (SSSR count). The molecule has 6 aromatic carbocycles. The molecule has 0 bridgehead atoms. The normalized spacial score (nSPS) is 13.9. The SMILES string of the molecule is CC1(C)OCc2cc([C@@H](O)CNCCCCCCOCCCCc3ccc(-c4ccccc4-c4nnnn4C(c4ccccc4)(c4ccccc4)c4ccccc4)cc3)ccc2O1. The summed E-state index contributed by atoms with van der Waals surface area (Å²) in [5, 5.41) is 27.9. The van der Waals surface area contributed by atoms with Crippen LogP contribution in [0, 0.1) is 0 Å². The van der Waals surface area contributed by atoms with Crippen LogP contribution in [0.5, 0.6) is 5.75 Å². The summed E-state index contributed by atoms with van der Waals surface area (Å²) < 4.78 is 19.6. The predicted octanol–water partition coefficient (Wildman–Crippen LogP) is 10.7. The molecule has 9 nitrogen and oxygen atoms in total. The average molecular weight is 842 g/mol. The lowest BCUT2D eigenvalue weighted by Gasteiger charge is -2.36. The molecule has 1 atom stereocenters. The first-order valence-electron chi connectivity index (χ1n) is 22.5. The Bertz CT molecular complexity index is 2380. The van der Waals surface area contributed by atoms with Crippen molar-refractivity contribution in [3.05, 3.63) is 191 Å². The molecule has 0 saturated heterocycles. The summed E-state index contributed by atoms with van der Waals surface area (Å²) in [5.74, 6) is 0.896. The molecule has 324 valence electrons. The Hall–Kier alpha value is -5.97. The van der Waals surface area contributed by atoms with Crippen LogP contribution in [0.25, 0.3) is 22.5 Å². The molecule has 0 spiro atoms. The summed E-state index contributed by atoms with van der Waals surface area (Å²) in [5.41, 5.74) is 8.69. The van der Waals surface area contributed by atoms with E-state index in [2.05, 4.69) is 132 Å². The lowest BCUT2D eigenvalue weighted by molar-refractivity contribution is -0.180. The zero-order chi connectivity index (χ0) is 43.3. The molecule has 0 saturated carbocycles. The zero-order valence-electron chi connectivity index (χ0n) is 36.5. The van der Waals surface area contributed by atoms with Crippen molar-refractivity contribution in [2.75, 3.05) is 26.3 Å². The van der Waals surface area contributed by atoms with Gasteiger partial charge in [0.15, 0.2) is 5.82 Å². The van der Waals surface area contributed by atoms with E-state index in [1.165, 1.54) is 5.56 Å². The van der Waals surface area contributed by atoms with Gasteiger partial charge in [0.05, 0.1) is 12.7 Å². The lowest BCUT2D eigenvalue weighted by atomic mass is 9.77. The third-order valence-electron chi connectivity index (χ3n) is 11.9. The minimum atomic E-state index is -0.830. The van der Waals surface area contributed by atoms with Crippen molar-refractivity contribution in [1.29, 1.82) is 0 Å². The number of ether oxygens (including phenoxy) is 3. The second kappa shape index (κ2) is 20.9. The van der Waals surface area contributed by atoms with Crippen LogP contribution in [0.3, 0.4) is 0 Å². The van der Waals surface area contributed by atoms with Gasteiger partial charge in [-0.25, -0.2) is 4.68 Å². The first-order valence-corrected chi connectivity index (χ1v) is 22.5. The maximum Gasteiger partial charge on any atom is 0.205 e. The fraction of sp³-hybridized carbons (Fsp3) is 0.315. The van der Waals surface area contributed by atoms with E-state index in [9.17, 15) is 5.11 Å². The fourth-order valence-electron chi connectivity index (χ4n) is 8.63. The number of aliphatic hydroxyl groups is 1. The first-order chi connectivity index (χ1) is 30.9. The maximum absolute atomic E-state index is 10.7. The number of nitrogens with one attached hydrogen (secondary N) is 1. The molecule has 7 aromatic rings. The molecule has 1 aliphatic heterocycles. The largest absolute Gasteiger partial charge is 0.463 e. The number of rotatable bonds is 21. The summed E-state index contributed by atoms with van der Waals surface area (Å²) in [7, 11) is 0. The number of hydrogen-bond donors (Lipinski definition) is 2. The van der Waals surface area contributed by atoms with Crippen LogP contribution in [0.15, 0.2) is 158 Å². The van der Waals surface area contributed by atoms with Crippen molar-refractivity contribution in [2.45, 2.75) is 82.8 Å². The van der Waals surface area contributed by atoms with Gasteiger partial charge in [0, 0.05) is 44.7 Å². The molecular formula is C54H59N5O4. The Kier molecular flexibility index (Phi) is 14.5. The summed E-state index contributed by atoms with van der Waals surface area (Å²) in [6.07, 6.45) is 6.99. The molecule has 2 heterocycles. The summed E-state index contributed by atoms with van der Waals surface area (Å²) in [6.45, 7) is 7.30. The summed E-state index contributed by atoms with van der Waals surface area (Å²) >= 11 is 0. The fourth-order valence-corrected chi connectivity index (χ4v) is 8.63. The number of aryl methyl sites for hydroxylation is 1. The van der Waals surface area contributed by atoms with Crippen molar-refractivity contribution in [3.63, 3.8) is 0 Å². The first kappa shape index (κ1) is 43.7. The second-order valence-electron chi connectivity index (χ2n) is 16.8. The molecule has 0 radical (unpaired) electrons. The van der Waals surface area contributed by atoms with Gasteiger partial charge in [-0.05, 0) is 100 Å². The Morgan fingerprint density at radius 1 is 0.698 bits per heavy atom. The maximum atomic E-state index is 10.7. The summed E-state index contributed by atoms with van der Waals surface area (Å²) in [6, 6.07) is 54.7. The molecule has 1 aromatic heterocycles. The number of aliphatic hydroxyl groups excluding tert-OH is 1. The van der Waals surface area contributed by atoms with Gasteiger partial charge in [0.25, 0.3) is 0 Å². The van der Waals surface area contributed by atoms with E-state index < -0.39 is 17.4 Å². The lowest BCUT2D eigenvalue weighted by Crippen LogP contribution is -2.39. The number of nitrogens with zero attached hydrogens (tertiary/aromatic N) is 4. The van der Waals surface area contributed by atoms with Gasteiger partial charge in [-0.2, -0.15) is 0 Å². The van der Waals surface area contributed by atoms with Gasteiger partial charge in [0.2, 0.25) is 5.79 Å². The predicted molar refractivity (Wildman–Crippen MR) is 249 cm³/mol. The standard InChI is InChI=1S/C54H59N5O4/c1-53(2)62-40-44-38-43(33-34-51(44)63-53)50(60)39-55-35-17-3-4-18-36-61-37-19-16-20-41-29-31-42(32-30-41)48-27-14-15-28-49(48)52-56-57-58-59(52)54(45-21-8-5-9-22-45,46-23-10-6-11-24-46)47-25-12-7-13-26-47/h5-15,21-34,38,50,55,60H,3-4,16-20,35-37,39-40H2,1-2H3/t50-/m0/s1. The molecule has 0 fully saturated rings. The van der Waals surface area contributed by atoms with Gasteiger partial charge in [-0.15, -0.1) is 5.10 Å². The number of hydrogen-bond acceptors (Lipinski definition) is 8. The van der Waals surface area contributed by atoms with Crippen molar-refractivity contribution in [1.82, 2.24) is 25.5 Å². The highest BCUT2D eigenvalue weighted by molar-refractivity contribution is 5.81. The van der Waals surface area contributed by atoms with Crippen molar-refractivity contribution >= 4 is 0 Å². The van der Waals surface area contributed by atoms with Crippen molar-refractivity contribution < 1.29 is 19.3 Å². The van der Waals surface area contributed by atoms with E-state index in [1.54, 1.807) is 0 Å². The highest BCUT2D eigenvalue weighted by atomic mass is 16.7. The van der Waals surface area contributed by atoms with Crippen LogP contribution in [0.1, 0.15) is 91.9 Å². The van der Waals surface area contributed by atoms with Crippen LogP contribution >= 0.6 is 0 Å². The smallest absolute Gasteiger partial charge is 0.205 e. The molecule has 63 heavy (non-hydrogen) atoms. The van der Waals surface area contributed by atoms with Gasteiger partial charge in [-0.3, -0.25) is 0 Å². The van der Waals surface area contributed by atoms with Gasteiger partial charge < -0.3 is 24.6 Å². The Balaban J connectivity index is 0.797. The molecule has 2 N–H and O–H groups in total. The number of tetrazole rings is 1. The Morgan fingerprint density at radius 3 is 1.97 bits per heavy atom. The van der Waals surface area contributed by atoms with Crippen LogP contribution in [0.4, 0.5) is 0 Å². The quantitative estimate of drug-likeness (QED) is 0.0545. The summed E-state index contributed by atoms with van der Waals surface area (Å²) in [4.78, 5) is 0. The van der Waals surface area contributed by atoms with Crippen LogP contribution in [-0.2, 0) is 28.0 Å². The monoisotopic (exact) mass is 841 g/mol. The van der Waals surface area contributed by atoms with E-state index in [4.69, 9.17) is 24.5 Å². The van der Waals surface area contributed by atoms with Gasteiger partial charge in [-0.1, -0.05) is 158 Å². The highest BCUT2D eigenvalue weighted by Crippen LogP contribution is 2.43.